The van der Waals surface area contributed by atoms with Gasteiger partial charge in [0.15, 0.2) is 5.75 Å². The van der Waals surface area contributed by atoms with E-state index in [1.165, 1.54) is 0 Å². The van der Waals surface area contributed by atoms with Crippen LogP contribution in [0.2, 0.25) is 0 Å². The Hall–Kier alpha value is -3.78. The fraction of sp³-hybridized carbons (Fsp3) is 0. The van der Waals surface area contributed by atoms with Gasteiger partial charge in [-0.2, -0.15) is 5.26 Å². The first-order chi connectivity index (χ1) is 12.2. The third-order valence-electron chi connectivity index (χ3n) is 4.16. The minimum absolute atomic E-state index is 0.0858. The van der Waals surface area contributed by atoms with E-state index in [9.17, 15) is 9.90 Å². The molecule has 120 valence electrons. The summed E-state index contributed by atoms with van der Waals surface area (Å²) in [5.74, 6) is -0.0858. The number of nitrogens with one attached hydrogen (secondary N) is 1. The lowest BCUT2D eigenvalue weighted by Crippen LogP contribution is -2.09. The highest BCUT2D eigenvalue weighted by molar-refractivity contribution is 5.91. The van der Waals surface area contributed by atoms with Gasteiger partial charge in [-0.15, -0.1) is 0 Å². The maximum atomic E-state index is 12.5. The summed E-state index contributed by atoms with van der Waals surface area (Å²) in [7, 11) is 0. The van der Waals surface area contributed by atoms with Crippen LogP contribution in [0.5, 0.6) is 5.75 Å². The van der Waals surface area contributed by atoms with Crippen molar-refractivity contribution in [3.63, 3.8) is 0 Å². The molecule has 25 heavy (non-hydrogen) atoms. The van der Waals surface area contributed by atoms with Crippen LogP contribution in [0.25, 0.3) is 27.8 Å². The number of hydrogen-bond acceptors (Lipinski definition) is 3. The van der Waals surface area contributed by atoms with Gasteiger partial charge >= 0.3 is 0 Å². The molecule has 2 aromatic heterocycles. The lowest BCUT2D eigenvalue weighted by atomic mass is 10.0. The van der Waals surface area contributed by atoms with Crippen molar-refractivity contribution in [2.75, 3.05) is 0 Å². The molecule has 0 bridgehead atoms. The van der Waals surface area contributed by atoms with Crippen LogP contribution >= 0.6 is 0 Å². The highest BCUT2D eigenvalue weighted by Gasteiger charge is 2.17. The number of fused-ring (bicyclic) bond motifs is 1. The number of H-pyrrole nitrogens is 1. The molecule has 0 unspecified atom stereocenters. The number of aromatic amines is 1. The molecule has 5 heteroatoms. The van der Waals surface area contributed by atoms with Crippen molar-refractivity contribution in [3.8, 4) is 28.6 Å². The molecule has 0 radical (unpaired) electrons. The number of aromatic nitrogens is 2. The average Bonchev–Trinajstić information content (AvgIpc) is 3.07. The van der Waals surface area contributed by atoms with Crippen LogP contribution in [0, 0.1) is 11.3 Å². The van der Waals surface area contributed by atoms with Crippen molar-refractivity contribution in [1.82, 2.24) is 9.55 Å². The van der Waals surface area contributed by atoms with Gasteiger partial charge in [-0.1, -0.05) is 30.3 Å². The molecule has 2 N–H and O–H groups in total. The SMILES string of the molecule is N#Cc1ccc(-c2c(O)c3c(ccn3-c3ccccc3)[nH]c2=O)cc1. The minimum atomic E-state index is -0.375. The first-order valence-electron chi connectivity index (χ1n) is 7.71. The van der Waals surface area contributed by atoms with Crippen LogP contribution in [0.1, 0.15) is 5.56 Å². The van der Waals surface area contributed by atoms with Gasteiger partial charge in [0.1, 0.15) is 5.52 Å². The third-order valence-corrected chi connectivity index (χ3v) is 4.16. The van der Waals surface area contributed by atoms with E-state index in [2.05, 4.69) is 4.98 Å². The van der Waals surface area contributed by atoms with E-state index >= 15 is 0 Å². The van der Waals surface area contributed by atoms with Crippen molar-refractivity contribution >= 4 is 11.0 Å². The predicted molar refractivity (Wildman–Crippen MR) is 95.7 cm³/mol. The summed E-state index contributed by atoms with van der Waals surface area (Å²) in [6.07, 6.45) is 1.80. The maximum absolute atomic E-state index is 12.5. The molecule has 0 saturated heterocycles. The molecule has 0 aliphatic carbocycles. The van der Waals surface area contributed by atoms with E-state index in [4.69, 9.17) is 5.26 Å². The van der Waals surface area contributed by atoms with Crippen molar-refractivity contribution < 1.29 is 5.11 Å². The largest absolute Gasteiger partial charge is 0.505 e. The van der Waals surface area contributed by atoms with E-state index in [0.29, 0.717) is 22.2 Å². The minimum Gasteiger partial charge on any atom is -0.505 e. The average molecular weight is 327 g/mol. The quantitative estimate of drug-likeness (QED) is 0.590. The monoisotopic (exact) mass is 327 g/mol. The number of nitrogens with zero attached hydrogens (tertiary/aromatic N) is 2. The Morgan fingerprint density at radius 3 is 2.40 bits per heavy atom. The zero-order valence-electron chi connectivity index (χ0n) is 13.1. The molecule has 4 rings (SSSR count). The van der Waals surface area contributed by atoms with Gasteiger partial charge in [-0.05, 0) is 35.9 Å². The molecule has 2 heterocycles. The maximum Gasteiger partial charge on any atom is 0.260 e. The number of para-hydroxylation sites is 1. The van der Waals surface area contributed by atoms with Crippen LogP contribution in [0.15, 0.2) is 71.7 Å². The highest BCUT2D eigenvalue weighted by Crippen LogP contribution is 2.33. The second kappa shape index (κ2) is 5.69. The normalized spacial score (nSPS) is 10.7. The number of pyridine rings is 1. The molecule has 2 aromatic carbocycles. The Morgan fingerprint density at radius 2 is 1.72 bits per heavy atom. The van der Waals surface area contributed by atoms with Crippen LogP contribution in [-0.2, 0) is 0 Å². The fourth-order valence-electron chi connectivity index (χ4n) is 2.97. The Morgan fingerprint density at radius 1 is 1.00 bits per heavy atom. The number of aromatic hydroxyl groups is 1. The summed E-state index contributed by atoms with van der Waals surface area (Å²) < 4.78 is 1.83. The van der Waals surface area contributed by atoms with Crippen molar-refractivity contribution in [2.45, 2.75) is 0 Å². The molecule has 4 aromatic rings. The molecule has 0 spiro atoms. The molecule has 0 aliphatic heterocycles. The lowest BCUT2D eigenvalue weighted by molar-refractivity contribution is 0.480. The Labute approximate surface area is 143 Å². The third kappa shape index (κ3) is 2.37. The Kier molecular flexibility index (Phi) is 3.37. The van der Waals surface area contributed by atoms with Gasteiger partial charge in [-0.3, -0.25) is 4.79 Å². The summed E-state index contributed by atoms with van der Waals surface area (Å²) in [6.45, 7) is 0. The van der Waals surface area contributed by atoms with Gasteiger partial charge in [0.05, 0.1) is 22.7 Å². The van der Waals surface area contributed by atoms with Gasteiger partial charge in [0, 0.05) is 11.9 Å². The van der Waals surface area contributed by atoms with Gasteiger partial charge in [-0.25, -0.2) is 0 Å². The standard InChI is InChI=1S/C20H13N3O2/c21-12-13-6-8-14(9-7-13)17-19(24)18-16(22-20(17)25)10-11-23(18)15-4-2-1-3-5-15/h1-11H,(H2,22,24,25). The topological polar surface area (TPSA) is 81.8 Å². The predicted octanol–water partition coefficient (Wildman–Crippen LogP) is 3.56. The molecule has 5 nitrogen and oxygen atoms in total. The second-order valence-corrected chi connectivity index (χ2v) is 5.65. The molecule has 0 fully saturated rings. The first-order valence-corrected chi connectivity index (χ1v) is 7.71. The van der Waals surface area contributed by atoms with Crippen LogP contribution in [0.3, 0.4) is 0 Å². The molecule has 0 saturated carbocycles. The second-order valence-electron chi connectivity index (χ2n) is 5.65. The van der Waals surface area contributed by atoms with Gasteiger partial charge in [0.25, 0.3) is 5.56 Å². The van der Waals surface area contributed by atoms with Gasteiger partial charge in [0.2, 0.25) is 0 Å². The zero-order chi connectivity index (χ0) is 17.4. The van der Waals surface area contributed by atoms with Crippen molar-refractivity contribution in [3.05, 3.63) is 82.8 Å². The first kappa shape index (κ1) is 14.8. The van der Waals surface area contributed by atoms with Crippen LogP contribution < -0.4 is 5.56 Å². The van der Waals surface area contributed by atoms with E-state index in [0.717, 1.165) is 5.69 Å². The van der Waals surface area contributed by atoms with E-state index in [1.54, 1.807) is 36.5 Å². The molecule has 0 aliphatic rings. The van der Waals surface area contributed by atoms with E-state index < -0.39 is 0 Å². The molecular formula is C20H13N3O2. The van der Waals surface area contributed by atoms with Gasteiger partial charge < -0.3 is 14.7 Å². The smallest absolute Gasteiger partial charge is 0.260 e. The number of nitriles is 1. The Balaban J connectivity index is 2.00. The summed E-state index contributed by atoms with van der Waals surface area (Å²) in [5, 5.41) is 19.7. The molecular weight excluding hydrogens is 314 g/mol. The fourth-order valence-corrected chi connectivity index (χ4v) is 2.97. The molecule has 0 atom stereocenters. The number of benzene rings is 2. The lowest BCUT2D eigenvalue weighted by Gasteiger charge is -2.10. The molecule has 0 amide bonds. The summed E-state index contributed by atoms with van der Waals surface area (Å²) >= 11 is 0. The summed E-state index contributed by atoms with van der Waals surface area (Å²) in [4.78, 5) is 15.3. The Bertz CT molecular complexity index is 1160. The highest BCUT2D eigenvalue weighted by atomic mass is 16.3. The summed E-state index contributed by atoms with van der Waals surface area (Å²) in [6, 6.07) is 19.9. The van der Waals surface area contributed by atoms with Crippen molar-refractivity contribution in [2.24, 2.45) is 0 Å². The number of rotatable bonds is 2. The van der Waals surface area contributed by atoms with E-state index in [1.807, 2.05) is 41.0 Å². The van der Waals surface area contributed by atoms with Crippen LogP contribution in [0.4, 0.5) is 0 Å². The van der Waals surface area contributed by atoms with Crippen LogP contribution in [-0.4, -0.2) is 14.7 Å². The number of hydrogen-bond donors (Lipinski definition) is 2. The summed E-state index contributed by atoms with van der Waals surface area (Å²) in [5.41, 5.74) is 2.83. The van der Waals surface area contributed by atoms with Crippen molar-refractivity contribution in [1.29, 1.82) is 5.26 Å². The van der Waals surface area contributed by atoms with E-state index in [-0.39, 0.29) is 16.9 Å². The zero-order valence-corrected chi connectivity index (χ0v) is 13.1.